The van der Waals surface area contributed by atoms with Gasteiger partial charge >= 0.3 is 5.97 Å². The standard InChI is InChI=1S/C15H26O5/c1-5-7-8-20-11(3)9-13(17)10-14(12(4)16)15(18)19-6-2/h11,14H,5-10H2,1-4H3/t11-,14?/m0/s1. The fourth-order valence-corrected chi connectivity index (χ4v) is 1.76. The molecule has 2 atom stereocenters. The van der Waals surface area contributed by atoms with Gasteiger partial charge in [-0.25, -0.2) is 0 Å². The van der Waals surface area contributed by atoms with Gasteiger partial charge in [-0.1, -0.05) is 13.3 Å². The zero-order chi connectivity index (χ0) is 15.5. The zero-order valence-electron chi connectivity index (χ0n) is 12.9. The minimum Gasteiger partial charge on any atom is -0.465 e. The van der Waals surface area contributed by atoms with Crippen molar-refractivity contribution in [1.29, 1.82) is 0 Å². The molecule has 0 N–H and O–H groups in total. The zero-order valence-corrected chi connectivity index (χ0v) is 12.9. The molecule has 0 radical (unpaired) electrons. The number of Topliss-reactive ketones (excluding diaryl/α,β-unsaturated/α-hetero) is 2. The quantitative estimate of drug-likeness (QED) is 0.331. The maximum atomic E-state index is 11.9. The second kappa shape index (κ2) is 10.5. The molecule has 0 aromatic heterocycles. The number of unbranched alkanes of at least 4 members (excludes halogenated alkanes) is 1. The first kappa shape index (κ1) is 18.8. The molecule has 0 rings (SSSR count). The Morgan fingerprint density at radius 3 is 2.25 bits per heavy atom. The molecule has 5 nitrogen and oxygen atoms in total. The average Bonchev–Trinajstić information content (AvgIpc) is 2.36. The van der Waals surface area contributed by atoms with E-state index in [1.54, 1.807) is 6.92 Å². The summed E-state index contributed by atoms with van der Waals surface area (Å²) in [7, 11) is 0. The lowest BCUT2D eigenvalue weighted by molar-refractivity contribution is -0.153. The summed E-state index contributed by atoms with van der Waals surface area (Å²) in [5.41, 5.74) is 0. The van der Waals surface area contributed by atoms with E-state index in [0.29, 0.717) is 6.61 Å². The van der Waals surface area contributed by atoms with Crippen molar-refractivity contribution in [3.8, 4) is 0 Å². The van der Waals surface area contributed by atoms with E-state index in [0.717, 1.165) is 12.8 Å². The minimum absolute atomic E-state index is 0.102. The van der Waals surface area contributed by atoms with Crippen molar-refractivity contribution in [1.82, 2.24) is 0 Å². The Balaban J connectivity index is 4.25. The van der Waals surface area contributed by atoms with E-state index < -0.39 is 11.9 Å². The monoisotopic (exact) mass is 286 g/mol. The van der Waals surface area contributed by atoms with Crippen LogP contribution < -0.4 is 0 Å². The van der Waals surface area contributed by atoms with Crippen molar-refractivity contribution >= 4 is 17.5 Å². The summed E-state index contributed by atoms with van der Waals surface area (Å²) in [4.78, 5) is 34.9. The van der Waals surface area contributed by atoms with Gasteiger partial charge in [-0.3, -0.25) is 14.4 Å². The predicted molar refractivity (Wildman–Crippen MR) is 75.4 cm³/mol. The van der Waals surface area contributed by atoms with Gasteiger partial charge < -0.3 is 9.47 Å². The van der Waals surface area contributed by atoms with E-state index in [4.69, 9.17) is 9.47 Å². The number of esters is 1. The number of ether oxygens (including phenoxy) is 2. The van der Waals surface area contributed by atoms with Crippen LogP contribution in [0, 0.1) is 5.92 Å². The van der Waals surface area contributed by atoms with E-state index in [1.807, 2.05) is 6.92 Å². The number of hydrogen-bond donors (Lipinski definition) is 0. The fourth-order valence-electron chi connectivity index (χ4n) is 1.76. The van der Waals surface area contributed by atoms with Gasteiger partial charge in [0.1, 0.15) is 17.5 Å². The normalized spacial score (nSPS) is 13.6. The second-order valence-electron chi connectivity index (χ2n) is 4.90. The molecule has 20 heavy (non-hydrogen) atoms. The van der Waals surface area contributed by atoms with Crippen LogP contribution in [0.2, 0.25) is 0 Å². The molecule has 0 heterocycles. The first-order valence-corrected chi connectivity index (χ1v) is 7.22. The molecule has 0 spiro atoms. The van der Waals surface area contributed by atoms with Gasteiger partial charge in [0, 0.05) is 19.4 Å². The Kier molecular flexibility index (Phi) is 9.90. The minimum atomic E-state index is -0.981. The van der Waals surface area contributed by atoms with Crippen molar-refractivity contribution < 1.29 is 23.9 Å². The summed E-state index contributed by atoms with van der Waals surface area (Å²) >= 11 is 0. The highest BCUT2D eigenvalue weighted by atomic mass is 16.5. The van der Waals surface area contributed by atoms with E-state index in [2.05, 4.69) is 6.92 Å². The van der Waals surface area contributed by atoms with Crippen LogP contribution >= 0.6 is 0 Å². The molecular weight excluding hydrogens is 260 g/mol. The summed E-state index contributed by atoms with van der Waals surface area (Å²) in [5, 5.41) is 0. The Morgan fingerprint density at radius 1 is 1.10 bits per heavy atom. The molecule has 5 heteroatoms. The molecule has 0 bridgehead atoms. The maximum Gasteiger partial charge on any atom is 0.316 e. The topological polar surface area (TPSA) is 69.7 Å². The Morgan fingerprint density at radius 2 is 1.75 bits per heavy atom. The molecular formula is C15H26O5. The van der Waals surface area contributed by atoms with Gasteiger partial charge in [0.2, 0.25) is 0 Å². The third-order valence-electron chi connectivity index (χ3n) is 2.91. The third-order valence-corrected chi connectivity index (χ3v) is 2.91. The van der Waals surface area contributed by atoms with E-state index in [1.165, 1.54) is 6.92 Å². The second-order valence-corrected chi connectivity index (χ2v) is 4.90. The highest BCUT2D eigenvalue weighted by Gasteiger charge is 2.27. The van der Waals surface area contributed by atoms with Crippen molar-refractivity contribution in [2.24, 2.45) is 5.92 Å². The predicted octanol–water partition coefficient (Wildman–Crippen LogP) is 2.31. The average molecular weight is 286 g/mol. The largest absolute Gasteiger partial charge is 0.465 e. The molecule has 0 amide bonds. The smallest absolute Gasteiger partial charge is 0.316 e. The van der Waals surface area contributed by atoms with Crippen LogP contribution in [0.3, 0.4) is 0 Å². The molecule has 0 aliphatic rings. The molecule has 0 aromatic rings. The lowest BCUT2D eigenvalue weighted by atomic mass is 9.96. The van der Waals surface area contributed by atoms with Crippen LogP contribution in [0.25, 0.3) is 0 Å². The van der Waals surface area contributed by atoms with Crippen molar-refractivity contribution in [3.63, 3.8) is 0 Å². The molecule has 0 saturated heterocycles. The van der Waals surface area contributed by atoms with Crippen molar-refractivity contribution in [3.05, 3.63) is 0 Å². The highest BCUT2D eigenvalue weighted by molar-refractivity contribution is 6.01. The Hall–Kier alpha value is -1.23. The first-order valence-electron chi connectivity index (χ1n) is 7.22. The third kappa shape index (κ3) is 8.04. The van der Waals surface area contributed by atoms with Crippen LogP contribution in [-0.4, -0.2) is 36.9 Å². The molecule has 0 saturated carbocycles. The molecule has 1 unspecified atom stereocenters. The van der Waals surface area contributed by atoms with Crippen LogP contribution in [0.4, 0.5) is 0 Å². The molecule has 0 aromatic carbocycles. The van der Waals surface area contributed by atoms with Gasteiger partial charge in [0.15, 0.2) is 0 Å². The van der Waals surface area contributed by atoms with Crippen LogP contribution in [-0.2, 0) is 23.9 Å². The van der Waals surface area contributed by atoms with Crippen LogP contribution in [0.5, 0.6) is 0 Å². The number of rotatable bonds is 11. The Labute approximate surface area is 121 Å². The van der Waals surface area contributed by atoms with Gasteiger partial charge in [-0.2, -0.15) is 0 Å². The lowest BCUT2D eigenvalue weighted by Crippen LogP contribution is -2.28. The molecule has 0 aliphatic heterocycles. The molecule has 116 valence electrons. The first-order chi connectivity index (χ1) is 9.42. The summed E-state index contributed by atoms with van der Waals surface area (Å²) in [6, 6.07) is 0. The fraction of sp³-hybridized carbons (Fsp3) is 0.800. The van der Waals surface area contributed by atoms with E-state index in [9.17, 15) is 14.4 Å². The lowest BCUT2D eigenvalue weighted by Gasteiger charge is -2.15. The van der Waals surface area contributed by atoms with Gasteiger partial charge in [-0.05, 0) is 27.2 Å². The number of carbonyl (C=O) groups is 3. The van der Waals surface area contributed by atoms with Crippen molar-refractivity contribution in [2.45, 2.75) is 59.5 Å². The van der Waals surface area contributed by atoms with Gasteiger partial charge in [-0.15, -0.1) is 0 Å². The van der Waals surface area contributed by atoms with E-state index in [-0.39, 0.29) is 37.1 Å². The number of carbonyl (C=O) groups excluding carboxylic acids is 3. The summed E-state index contributed by atoms with van der Waals surface area (Å²) in [6.45, 7) is 7.68. The summed E-state index contributed by atoms with van der Waals surface area (Å²) in [6.07, 6.45) is 1.92. The van der Waals surface area contributed by atoms with Crippen LogP contribution in [0.1, 0.15) is 53.4 Å². The summed E-state index contributed by atoms with van der Waals surface area (Å²) in [5.74, 6) is -2.09. The van der Waals surface area contributed by atoms with Crippen molar-refractivity contribution in [2.75, 3.05) is 13.2 Å². The maximum absolute atomic E-state index is 11.9. The van der Waals surface area contributed by atoms with Crippen LogP contribution in [0.15, 0.2) is 0 Å². The van der Waals surface area contributed by atoms with E-state index >= 15 is 0 Å². The number of ketones is 2. The molecule has 0 fully saturated rings. The number of hydrogen-bond acceptors (Lipinski definition) is 5. The van der Waals surface area contributed by atoms with Gasteiger partial charge in [0.25, 0.3) is 0 Å². The van der Waals surface area contributed by atoms with Gasteiger partial charge in [0.05, 0.1) is 12.7 Å². The highest BCUT2D eigenvalue weighted by Crippen LogP contribution is 2.12. The Bertz CT molecular complexity index is 324. The summed E-state index contributed by atoms with van der Waals surface area (Å²) < 4.78 is 10.3. The SMILES string of the molecule is CCCCO[C@@H](C)CC(=O)CC(C(C)=O)C(=O)OCC. The molecule has 0 aliphatic carbocycles.